The summed E-state index contributed by atoms with van der Waals surface area (Å²) < 4.78 is 0. The second kappa shape index (κ2) is 6.18. The van der Waals surface area contributed by atoms with Crippen LogP contribution in [0.5, 0.6) is 0 Å². The molecule has 4 nitrogen and oxygen atoms in total. The molecule has 0 aliphatic heterocycles. The predicted octanol–water partition coefficient (Wildman–Crippen LogP) is 3.17. The fourth-order valence-corrected chi connectivity index (χ4v) is 2.01. The van der Waals surface area contributed by atoms with Gasteiger partial charge >= 0.3 is 6.20 Å². The van der Waals surface area contributed by atoms with Gasteiger partial charge in [0.15, 0.2) is 10.7 Å². The first-order valence-corrected chi connectivity index (χ1v) is 5.46. The maximum atomic E-state index is 11.3. The zero-order valence-corrected chi connectivity index (χ0v) is 8.85. The van der Waals surface area contributed by atoms with Crippen LogP contribution in [-0.4, -0.2) is 10.9 Å². The summed E-state index contributed by atoms with van der Waals surface area (Å²) in [5, 5.41) is 17.4. The predicted molar refractivity (Wildman–Crippen MR) is 56.6 cm³/mol. The van der Waals surface area contributed by atoms with E-state index in [0.717, 1.165) is 31.9 Å². The van der Waals surface area contributed by atoms with Crippen LogP contribution in [0.2, 0.25) is 0 Å². The van der Waals surface area contributed by atoms with Crippen LogP contribution in [0.15, 0.2) is 12.0 Å². The van der Waals surface area contributed by atoms with E-state index in [0.29, 0.717) is 31.0 Å². The molecule has 1 saturated carbocycles. The highest BCUT2D eigenvalue weighted by atomic mass is 16.3. The number of nitrogens with zero attached hydrogens (tertiary/aromatic N) is 2. The average molecular weight is 209 g/mol. The third-order valence-corrected chi connectivity index (χ3v) is 2.85. The first-order valence-electron chi connectivity index (χ1n) is 5.46. The Balaban J connectivity index is 2.34. The second-order valence-electron chi connectivity index (χ2n) is 4.13. The molecule has 1 rings (SSSR count). The lowest BCUT2D eigenvalue weighted by Gasteiger charge is -2.11. The fraction of sp³-hybridized carbons (Fsp3) is 0.727. The Labute approximate surface area is 89.6 Å². The molecule has 0 spiro atoms. The van der Waals surface area contributed by atoms with Crippen LogP contribution in [0.3, 0.4) is 0 Å². The molecule has 1 unspecified atom stereocenters. The zero-order valence-electron chi connectivity index (χ0n) is 8.85. The number of Topliss-reactive ketones (excluding diaryl/α,β-unsaturated/α-hetero) is 1. The van der Waals surface area contributed by atoms with E-state index in [2.05, 4.69) is 4.98 Å². The molecule has 0 heterocycles. The van der Waals surface area contributed by atoms with Crippen molar-refractivity contribution in [3.05, 3.63) is 16.9 Å². The highest BCUT2D eigenvalue weighted by Crippen LogP contribution is 2.25. The quantitative estimate of drug-likeness (QED) is 0.441. The Hall–Kier alpha value is -1.37. The molecule has 0 aromatic heterocycles. The number of hydrogen-bond donors (Lipinski definition) is 1. The number of aliphatic hydroxyl groups excluding tert-OH is 1. The Kier molecular flexibility index (Phi) is 4.82. The molecule has 1 aliphatic carbocycles. The van der Waals surface area contributed by atoms with Crippen molar-refractivity contribution in [1.82, 2.24) is 0 Å². The first kappa shape index (κ1) is 11.7. The molecule has 4 heteroatoms. The highest BCUT2D eigenvalue weighted by molar-refractivity contribution is 5.78. The normalized spacial score (nSPS) is 23.3. The van der Waals surface area contributed by atoms with Crippen molar-refractivity contribution >= 4 is 5.78 Å². The molecule has 82 valence electrons. The molecule has 1 aliphatic rings. The molecule has 0 aromatic rings. The van der Waals surface area contributed by atoms with E-state index in [-0.39, 0.29) is 5.76 Å². The number of aliphatic hydroxyl groups is 1. The standard InChI is InChI=1S/C11H16N2O2/c12-13-8-11(15)6-5-9-3-1-2-4-10(14)7-9/h8-9H,1-7H2/p+1/b11-8+. The summed E-state index contributed by atoms with van der Waals surface area (Å²) in [5.74, 6) is 0.802. The number of rotatable bonds is 3. The van der Waals surface area contributed by atoms with Crippen molar-refractivity contribution in [2.75, 3.05) is 0 Å². The van der Waals surface area contributed by atoms with E-state index in [1.165, 1.54) is 0 Å². The van der Waals surface area contributed by atoms with Crippen molar-refractivity contribution < 1.29 is 9.90 Å². The van der Waals surface area contributed by atoms with Crippen LogP contribution in [0.4, 0.5) is 0 Å². The molecule has 1 fully saturated rings. The first-order chi connectivity index (χ1) is 7.22. The largest absolute Gasteiger partial charge is 0.505 e. The average Bonchev–Trinajstić information content (AvgIpc) is 2.40. The Morgan fingerprint density at radius 2 is 2.40 bits per heavy atom. The number of allylic oxidation sites excluding steroid dienone is 1. The molecule has 0 amide bonds. The van der Waals surface area contributed by atoms with E-state index < -0.39 is 0 Å². The smallest absolute Gasteiger partial charge is 0.387 e. The Morgan fingerprint density at radius 3 is 3.13 bits per heavy atom. The van der Waals surface area contributed by atoms with Crippen LogP contribution < -0.4 is 0 Å². The van der Waals surface area contributed by atoms with Crippen LogP contribution in [0.1, 0.15) is 44.9 Å². The topological polar surface area (TPSA) is 65.4 Å². The van der Waals surface area contributed by atoms with Crippen molar-refractivity contribution in [1.29, 1.82) is 5.39 Å². The van der Waals surface area contributed by atoms with E-state index in [1.54, 1.807) is 0 Å². The van der Waals surface area contributed by atoms with Gasteiger partial charge < -0.3 is 5.11 Å². The van der Waals surface area contributed by atoms with E-state index in [1.807, 2.05) is 0 Å². The van der Waals surface area contributed by atoms with Crippen LogP contribution in [0, 0.1) is 11.3 Å². The van der Waals surface area contributed by atoms with Gasteiger partial charge in [0.1, 0.15) is 5.78 Å². The maximum Gasteiger partial charge on any atom is 0.387 e. The number of ketones is 1. The van der Waals surface area contributed by atoms with Crippen molar-refractivity contribution in [2.45, 2.75) is 44.9 Å². The number of carbonyl (C=O) groups excluding carboxylic acids is 1. The molecule has 15 heavy (non-hydrogen) atoms. The molecule has 0 radical (unpaired) electrons. The summed E-state index contributed by atoms with van der Waals surface area (Å²) in [6.45, 7) is 0. The summed E-state index contributed by atoms with van der Waals surface area (Å²) in [4.78, 5) is 14.1. The van der Waals surface area contributed by atoms with Gasteiger partial charge in [-0.3, -0.25) is 4.79 Å². The fourth-order valence-electron chi connectivity index (χ4n) is 2.01. The third-order valence-electron chi connectivity index (χ3n) is 2.85. The molecule has 0 aromatic carbocycles. The van der Waals surface area contributed by atoms with Crippen LogP contribution in [0.25, 0.3) is 4.98 Å². The summed E-state index contributed by atoms with van der Waals surface area (Å²) in [6.07, 6.45) is 6.85. The van der Waals surface area contributed by atoms with Gasteiger partial charge in [-0.1, -0.05) is 6.42 Å². The van der Waals surface area contributed by atoms with Gasteiger partial charge in [-0.15, -0.1) is 0 Å². The summed E-state index contributed by atoms with van der Waals surface area (Å²) in [7, 11) is 0. The SMILES string of the molecule is N#[N+]/C=C(/O)CCC1CCCCC(=O)C1. The Bertz CT molecular complexity index is 291. The molecule has 0 bridgehead atoms. The van der Waals surface area contributed by atoms with Crippen LogP contribution in [-0.2, 0) is 4.79 Å². The summed E-state index contributed by atoms with van der Waals surface area (Å²) >= 11 is 0. The van der Waals surface area contributed by atoms with Gasteiger partial charge in [0.05, 0.1) is 0 Å². The van der Waals surface area contributed by atoms with Crippen molar-refractivity contribution in [3.63, 3.8) is 0 Å². The number of hydrogen-bond acceptors (Lipinski definition) is 3. The number of carbonyl (C=O) groups is 1. The van der Waals surface area contributed by atoms with Gasteiger partial charge in [0.2, 0.25) is 5.39 Å². The van der Waals surface area contributed by atoms with Crippen molar-refractivity contribution in [2.24, 2.45) is 5.92 Å². The molecule has 1 N–H and O–H groups in total. The highest BCUT2D eigenvalue weighted by Gasteiger charge is 2.18. The van der Waals surface area contributed by atoms with E-state index in [4.69, 9.17) is 5.39 Å². The molecular formula is C11H17N2O2+. The van der Waals surface area contributed by atoms with Gasteiger partial charge in [-0.25, -0.2) is 0 Å². The van der Waals surface area contributed by atoms with Crippen molar-refractivity contribution in [3.8, 4) is 0 Å². The number of diazo groups is 1. The third kappa shape index (κ3) is 4.59. The van der Waals surface area contributed by atoms with Gasteiger partial charge in [-0.2, -0.15) is 0 Å². The van der Waals surface area contributed by atoms with E-state index >= 15 is 0 Å². The van der Waals surface area contributed by atoms with E-state index in [9.17, 15) is 9.90 Å². The molecule has 0 saturated heterocycles. The van der Waals surface area contributed by atoms with Gasteiger partial charge in [0, 0.05) is 19.3 Å². The summed E-state index contributed by atoms with van der Waals surface area (Å²) in [5.41, 5.74) is 0. The maximum absolute atomic E-state index is 11.3. The molecule has 1 atom stereocenters. The second-order valence-corrected chi connectivity index (χ2v) is 4.13. The van der Waals surface area contributed by atoms with Gasteiger partial charge in [0.25, 0.3) is 0 Å². The Morgan fingerprint density at radius 1 is 1.60 bits per heavy atom. The lowest BCUT2D eigenvalue weighted by atomic mass is 9.94. The van der Waals surface area contributed by atoms with Crippen LogP contribution >= 0.6 is 0 Å². The lowest BCUT2D eigenvalue weighted by Crippen LogP contribution is -2.05. The minimum atomic E-state index is 0.0780. The lowest BCUT2D eigenvalue weighted by molar-refractivity contribution is -0.119. The minimum absolute atomic E-state index is 0.0780. The van der Waals surface area contributed by atoms with Gasteiger partial charge in [-0.05, 0) is 25.2 Å². The monoisotopic (exact) mass is 209 g/mol. The summed E-state index contributed by atoms with van der Waals surface area (Å²) in [6, 6.07) is 0. The zero-order chi connectivity index (χ0) is 11.1. The molecular weight excluding hydrogens is 192 g/mol. The minimum Gasteiger partial charge on any atom is -0.505 e.